The number of hydrogen-bond donors (Lipinski definition) is 2. The Hall–Kier alpha value is -3.10. The van der Waals surface area contributed by atoms with Gasteiger partial charge in [0.2, 0.25) is 12.7 Å². The van der Waals surface area contributed by atoms with E-state index in [1.165, 1.54) is 4.68 Å². The number of aliphatic carboxylic acids is 1. The van der Waals surface area contributed by atoms with Gasteiger partial charge in [-0.25, -0.2) is 0 Å². The predicted molar refractivity (Wildman–Crippen MR) is 106 cm³/mol. The van der Waals surface area contributed by atoms with Crippen molar-refractivity contribution in [2.24, 2.45) is 0 Å². The van der Waals surface area contributed by atoms with E-state index in [1.54, 1.807) is 18.2 Å². The second kappa shape index (κ2) is 8.80. The summed E-state index contributed by atoms with van der Waals surface area (Å²) < 4.78 is 29.8. The molecule has 1 aromatic heterocycles. The number of rotatable bonds is 8. The molecular weight excluding hydrogens is 446 g/mol. The molecule has 13 nitrogen and oxygen atoms in total. The minimum Gasteiger partial charge on any atom is -0.481 e. The molecule has 0 radical (unpaired) electrons. The molecule has 14 heteroatoms. The fraction of sp³-hybridized carbons (Fsp3) is 0.500. The third kappa shape index (κ3) is 4.16. The lowest BCUT2D eigenvalue weighted by Gasteiger charge is -2.18. The number of amides is 1. The average molecular weight is 465 g/mol. The molecule has 0 aliphatic carbocycles. The van der Waals surface area contributed by atoms with Gasteiger partial charge in [-0.15, -0.1) is 11.8 Å². The molecule has 4 unspecified atom stereocenters. The molecule has 5 rings (SSSR count). The van der Waals surface area contributed by atoms with Crippen molar-refractivity contribution < 1.29 is 38.4 Å². The Morgan fingerprint density at radius 1 is 1.19 bits per heavy atom. The third-order valence-electron chi connectivity index (χ3n) is 5.16. The summed E-state index contributed by atoms with van der Waals surface area (Å²) in [6.07, 6.45) is -0.759. The lowest BCUT2D eigenvalue weighted by atomic mass is 10.1. The van der Waals surface area contributed by atoms with E-state index in [0.29, 0.717) is 17.2 Å². The smallest absolute Gasteiger partial charge is 0.341 e. The molecule has 1 amide bonds. The normalized spacial score (nSPS) is 25.5. The molecule has 1 aromatic carbocycles. The van der Waals surface area contributed by atoms with Crippen molar-refractivity contribution >= 4 is 23.6 Å². The molecule has 0 bridgehead atoms. The van der Waals surface area contributed by atoms with E-state index in [9.17, 15) is 9.59 Å². The first-order valence-electron chi connectivity index (χ1n) is 9.76. The summed E-state index contributed by atoms with van der Waals surface area (Å²) in [4.78, 5) is 22.7. The van der Waals surface area contributed by atoms with Crippen LogP contribution in [0.4, 0.5) is 0 Å². The number of nitrogens with zero attached hydrogens (tertiary/aromatic N) is 4. The van der Waals surface area contributed by atoms with Crippen molar-refractivity contribution in [3.8, 4) is 23.3 Å². The molecular formula is C18H19N5O8S. The molecule has 4 heterocycles. The topological polar surface area (TPSA) is 156 Å². The summed E-state index contributed by atoms with van der Waals surface area (Å²) >= 11 is 1.03. The third-order valence-corrected chi connectivity index (χ3v) is 6.08. The SMILES string of the molecule is O=C(O)CSCC(=O)NC1COC2C1OCC2n1nnnc1Oc1ccc2c(c1)OCO2. The van der Waals surface area contributed by atoms with Gasteiger partial charge in [0.05, 0.1) is 30.8 Å². The van der Waals surface area contributed by atoms with Crippen LogP contribution in [0.1, 0.15) is 6.04 Å². The molecule has 3 aliphatic rings. The van der Waals surface area contributed by atoms with E-state index in [0.717, 1.165) is 11.8 Å². The maximum Gasteiger partial charge on any atom is 0.341 e. The molecule has 2 saturated heterocycles. The van der Waals surface area contributed by atoms with Crippen LogP contribution in [-0.2, 0) is 19.1 Å². The molecule has 2 fully saturated rings. The molecule has 4 atom stereocenters. The lowest BCUT2D eigenvalue weighted by Crippen LogP contribution is -2.44. The van der Waals surface area contributed by atoms with Gasteiger partial charge in [0, 0.05) is 6.07 Å². The van der Waals surface area contributed by atoms with E-state index in [4.69, 9.17) is 28.8 Å². The number of carboxylic acid groups (broad SMARTS) is 1. The van der Waals surface area contributed by atoms with Crippen LogP contribution >= 0.6 is 11.8 Å². The zero-order valence-corrected chi connectivity index (χ0v) is 17.4. The van der Waals surface area contributed by atoms with Gasteiger partial charge < -0.3 is 34.1 Å². The molecule has 32 heavy (non-hydrogen) atoms. The molecule has 2 aromatic rings. The van der Waals surface area contributed by atoms with Crippen LogP contribution in [-0.4, -0.2) is 87.0 Å². The van der Waals surface area contributed by atoms with Gasteiger partial charge >= 0.3 is 12.0 Å². The Morgan fingerprint density at radius 2 is 2.03 bits per heavy atom. The first-order chi connectivity index (χ1) is 15.6. The maximum absolute atomic E-state index is 12.1. The second-order valence-corrected chi connectivity index (χ2v) is 8.23. The van der Waals surface area contributed by atoms with Gasteiger partial charge in [0.1, 0.15) is 24.0 Å². The molecule has 0 saturated carbocycles. The van der Waals surface area contributed by atoms with E-state index >= 15 is 0 Å². The molecule has 2 N–H and O–H groups in total. The number of benzene rings is 1. The predicted octanol–water partition coefficient (Wildman–Crippen LogP) is -0.165. The van der Waals surface area contributed by atoms with Crippen LogP contribution in [0.5, 0.6) is 23.3 Å². The zero-order chi connectivity index (χ0) is 22.1. The first kappa shape index (κ1) is 20.8. The number of hydrogen-bond acceptors (Lipinski definition) is 11. The van der Waals surface area contributed by atoms with Crippen molar-refractivity contribution in [1.82, 2.24) is 25.5 Å². The number of fused-ring (bicyclic) bond motifs is 2. The Morgan fingerprint density at radius 3 is 2.91 bits per heavy atom. The number of ether oxygens (including phenoxy) is 5. The van der Waals surface area contributed by atoms with Gasteiger partial charge in [-0.1, -0.05) is 5.10 Å². The summed E-state index contributed by atoms with van der Waals surface area (Å²) in [5, 5.41) is 23.2. The van der Waals surface area contributed by atoms with E-state index in [-0.39, 0.29) is 67.7 Å². The van der Waals surface area contributed by atoms with Gasteiger partial charge in [0.15, 0.2) is 11.5 Å². The Kier molecular flexibility index (Phi) is 5.71. The Balaban J connectivity index is 1.22. The average Bonchev–Trinajstić information content (AvgIpc) is 3.53. The van der Waals surface area contributed by atoms with E-state index in [2.05, 4.69) is 20.8 Å². The highest BCUT2D eigenvalue weighted by Gasteiger charge is 2.50. The van der Waals surface area contributed by atoms with Crippen LogP contribution in [0.25, 0.3) is 0 Å². The summed E-state index contributed by atoms with van der Waals surface area (Å²) in [5.41, 5.74) is 0. The highest BCUT2D eigenvalue weighted by Crippen LogP contribution is 2.38. The van der Waals surface area contributed by atoms with Crippen molar-refractivity contribution in [1.29, 1.82) is 0 Å². The van der Waals surface area contributed by atoms with E-state index < -0.39 is 5.97 Å². The summed E-state index contributed by atoms with van der Waals surface area (Å²) in [7, 11) is 0. The summed E-state index contributed by atoms with van der Waals surface area (Å²) in [5.74, 6) is 0.371. The first-order valence-corrected chi connectivity index (χ1v) is 10.9. The van der Waals surface area contributed by atoms with Crippen molar-refractivity contribution in [3.05, 3.63) is 18.2 Å². The molecule has 0 spiro atoms. The van der Waals surface area contributed by atoms with Crippen molar-refractivity contribution in [3.63, 3.8) is 0 Å². The maximum atomic E-state index is 12.1. The van der Waals surface area contributed by atoms with Crippen LogP contribution in [0.15, 0.2) is 18.2 Å². The van der Waals surface area contributed by atoms with Crippen LogP contribution in [0, 0.1) is 0 Å². The van der Waals surface area contributed by atoms with Gasteiger partial charge in [-0.2, -0.15) is 4.68 Å². The summed E-state index contributed by atoms with van der Waals surface area (Å²) in [6.45, 7) is 0.700. The molecule has 170 valence electrons. The van der Waals surface area contributed by atoms with Gasteiger partial charge in [-0.3, -0.25) is 9.59 Å². The van der Waals surface area contributed by atoms with Crippen LogP contribution in [0.2, 0.25) is 0 Å². The number of tetrazole rings is 1. The lowest BCUT2D eigenvalue weighted by molar-refractivity contribution is -0.133. The van der Waals surface area contributed by atoms with Gasteiger partial charge in [-0.05, 0) is 22.6 Å². The molecule has 3 aliphatic heterocycles. The zero-order valence-electron chi connectivity index (χ0n) is 16.6. The monoisotopic (exact) mass is 465 g/mol. The van der Waals surface area contributed by atoms with Crippen molar-refractivity contribution in [2.75, 3.05) is 31.5 Å². The highest BCUT2D eigenvalue weighted by molar-refractivity contribution is 8.00. The number of aromatic nitrogens is 4. The Bertz CT molecular complexity index is 1020. The summed E-state index contributed by atoms with van der Waals surface area (Å²) in [6, 6.07) is 4.62. The number of carbonyl (C=O) groups excluding carboxylic acids is 1. The highest BCUT2D eigenvalue weighted by atomic mass is 32.2. The number of carbonyl (C=O) groups is 2. The fourth-order valence-corrected chi connectivity index (χ4v) is 4.34. The fourth-order valence-electron chi connectivity index (χ4n) is 3.80. The van der Waals surface area contributed by atoms with Gasteiger partial charge in [0.25, 0.3) is 0 Å². The van der Waals surface area contributed by atoms with Crippen LogP contribution in [0.3, 0.4) is 0 Å². The quantitative estimate of drug-likeness (QED) is 0.532. The van der Waals surface area contributed by atoms with E-state index in [1.807, 2.05) is 0 Å². The minimum atomic E-state index is -0.964. The van der Waals surface area contributed by atoms with Crippen molar-refractivity contribution in [2.45, 2.75) is 24.3 Å². The number of nitrogens with one attached hydrogen (secondary N) is 1. The largest absolute Gasteiger partial charge is 0.481 e. The second-order valence-electron chi connectivity index (χ2n) is 7.25. The minimum absolute atomic E-state index is 0.0458. The number of thioether (sulfide) groups is 1. The number of carboxylic acids is 1. The Labute approximate surface area is 185 Å². The standard InChI is InChI=1S/C18H19N5O8S/c24-14(6-32-7-15(25)26)19-10-4-27-17-11(5-28-16(10)17)23-18(20-21-22-23)31-9-1-2-12-13(3-9)30-8-29-12/h1-3,10-11,16-17H,4-8H2,(H,19,24)(H,25,26). The van der Waals surface area contributed by atoms with Crippen LogP contribution < -0.4 is 19.5 Å².